The second-order valence-corrected chi connectivity index (χ2v) is 4.68. The van der Waals surface area contributed by atoms with E-state index in [1.54, 1.807) is 36.7 Å². The number of rotatable bonds is 6. The smallest absolute Gasteiger partial charge is 0.255 e. The van der Waals surface area contributed by atoms with Crippen LogP contribution in [0.1, 0.15) is 17.3 Å². The molecule has 2 aromatic rings. The molecular formula is C16H18N2O4. The van der Waals surface area contributed by atoms with E-state index in [1.165, 1.54) is 13.2 Å². The maximum absolute atomic E-state index is 12.1. The van der Waals surface area contributed by atoms with E-state index in [9.17, 15) is 9.90 Å². The number of phenols is 1. The topological polar surface area (TPSA) is 80.7 Å². The predicted octanol–water partition coefficient (Wildman–Crippen LogP) is 1.99. The molecule has 1 atom stereocenters. The van der Waals surface area contributed by atoms with Crippen LogP contribution >= 0.6 is 0 Å². The summed E-state index contributed by atoms with van der Waals surface area (Å²) in [6.45, 7) is 2.13. The van der Waals surface area contributed by atoms with Crippen LogP contribution in [0.3, 0.4) is 0 Å². The molecule has 0 aliphatic heterocycles. The van der Waals surface area contributed by atoms with Crippen molar-refractivity contribution in [2.75, 3.05) is 13.7 Å². The standard InChI is InChI=1S/C16H18N2O4/c1-11(22-12-5-4-8-17-10-12)9-18-16(20)13-6-3-7-14(21-2)15(13)19/h3-8,10-11,19H,9H2,1-2H3,(H,18,20)/t11-/m0/s1. The molecule has 0 fully saturated rings. The van der Waals surface area contributed by atoms with Crippen LogP contribution in [-0.2, 0) is 0 Å². The van der Waals surface area contributed by atoms with Crippen LogP contribution in [0.4, 0.5) is 0 Å². The Morgan fingerprint density at radius 3 is 2.86 bits per heavy atom. The van der Waals surface area contributed by atoms with Crippen molar-refractivity contribution in [1.29, 1.82) is 0 Å². The lowest BCUT2D eigenvalue weighted by molar-refractivity contribution is 0.0929. The van der Waals surface area contributed by atoms with Gasteiger partial charge in [-0.2, -0.15) is 0 Å². The van der Waals surface area contributed by atoms with Crippen LogP contribution in [0, 0.1) is 0 Å². The number of benzene rings is 1. The summed E-state index contributed by atoms with van der Waals surface area (Å²) in [4.78, 5) is 16.0. The second kappa shape index (κ2) is 7.31. The predicted molar refractivity (Wildman–Crippen MR) is 81.3 cm³/mol. The molecule has 0 saturated heterocycles. The largest absolute Gasteiger partial charge is 0.504 e. The quantitative estimate of drug-likeness (QED) is 0.853. The van der Waals surface area contributed by atoms with Gasteiger partial charge in [0, 0.05) is 6.20 Å². The summed E-state index contributed by atoms with van der Waals surface area (Å²) in [6, 6.07) is 8.32. The van der Waals surface area contributed by atoms with Crippen molar-refractivity contribution in [1.82, 2.24) is 10.3 Å². The number of nitrogens with zero attached hydrogens (tertiary/aromatic N) is 1. The molecule has 116 valence electrons. The number of para-hydroxylation sites is 1. The van der Waals surface area contributed by atoms with Crippen LogP contribution in [0.5, 0.6) is 17.2 Å². The molecule has 0 aliphatic rings. The lowest BCUT2D eigenvalue weighted by Crippen LogP contribution is -2.33. The minimum absolute atomic E-state index is 0.160. The molecule has 6 nitrogen and oxygen atoms in total. The van der Waals surface area contributed by atoms with Gasteiger partial charge >= 0.3 is 0 Å². The fourth-order valence-corrected chi connectivity index (χ4v) is 1.89. The molecule has 6 heteroatoms. The van der Waals surface area contributed by atoms with Gasteiger partial charge < -0.3 is 19.9 Å². The van der Waals surface area contributed by atoms with Crippen LogP contribution in [0.25, 0.3) is 0 Å². The number of aromatic nitrogens is 1. The van der Waals surface area contributed by atoms with E-state index in [0.29, 0.717) is 12.3 Å². The van der Waals surface area contributed by atoms with Gasteiger partial charge in [0.1, 0.15) is 11.9 Å². The molecule has 22 heavy (non-hydrogen) atoms. The molecule has 1 aromatic carbocycles. The molecule has 2 N–H and O–H groups in total. The number of carbonyl (C=O) groups is 1. The third-order valence-corrected chi connectivity index (χ3v) is 2.99. The van der Waals surface area contributed by atoms with Crippen LogP contribution in [0.2, 0.25) is 0 Å². The lowest BCUT2D eigenvalue weighted by Gasteiger charge is -2.15. The number of carbonyl (C=O) groups excluding carboxylic acids is 1. The number of nitrogens with one attached hydrogen (secondary N) is 1. The molecule has 0 bridgehead atoms. The Morgan fingerprint density at radius 2 is 2.18 bits per heavy atom. The van der Waals surface area contributed by atoms with Crippen LogP contribution in [-0.4, -0.2) is 35.8 Å². The van der Waals surface area contributed by atoms with Gasteiger partial charge in [-0.15, -0.1) is 0 Å². The van der Waals surface area contributed by atoms with Crippen molar-refractivity contribution < 1.29 is 19.4 Å². The van der Waals surface area contributed by atoms with E-state index in [0.717, 1.165) is 0 Å². The van der Waals surface area contributed by atoms with E-state index < -0.39 is 5.91 Å². The molecule has 0 saturated carbocycles. The van der Waals surface area contributed by atoms with Gasteiger partial charge in [0.2, 0.25) is 0 Å². The maximum Gasteiger partial charge on any atom is 0.255 e. The first-order chi connectivity index (χ1) is 10.6. The second-order valence-electron chi connectivity index (χ2n) is 4.68. The van der Waals surface area contributed by atoms with Crippen molar-refractivity contribution in [2.24, 2.45) is 0 Å². The number of ether oxygens (including phenoxy) is 2. The summed E-state index contributed by atoms with van der Waals surface area (Å²) >= 11 is 0. The van der Waals surface area contributed by atoms with E-state index >= 15 is 0 Å². The Bertz CT molecular complexity index is 631. The maximum atomic E-state index is 12.1. The van der Waals surface area contributed by atoms with Crippen LogP contribution < -0.4 is 14.8 Å². The first-order valence-corrected chi connectivity index (χ1v) is 6.82. The molecule has 0 radical (unpaired) electrons. The number of pyridine rings is 1. The van der Waals surface area contributed by atoms with E-state index in [4.69, 9.17) is 9.47 Å². The number of methoxy groups -OCH3 is 1. The summed E-state index contributed by atoms with van der Waals surface area (Å²) in [6.07, 6.45) is 3.03. The van der Waals surface area contributed by atoms with Crippen molar-refractivity contribution >= 4 is 5.91 Å². The number of hydrogen-bond donors (Lipinski definition) is 2. The van der Waals surface area contributed by atoms with Crippen LogP contribution in [0.15, 0.2) is 42.7 Å². The number of phenolic OH excluding ortho intramolecular Hbond substituents is 1. The summed E-state index contributed by atoms with van der Waals surface area (Å²) in [5.74, 6) is 0.321. The highest BCUT2D eigenvalue weighted by Gasteiger charge is 2.15. The Kier molecular flexibility index (Phi) is 5.19. The van der Waals surface area contributed by atoms with Crippen molar-refractivity contribution in [3.05, 3.63) is 48.3 Å². The average molecular weight is 302 g/mol. The molecule has 2 rings (SSSR count). The SMILES string of the molecule is COc1cccc(C(=O)NC[C@H](C)Oc2cccnc2)c1O. The summed E-state index contributed by atoms with van der Waals surface area (Å²) in [5, 5.41) is 12.6. The third kappa shape index (κ3) is 3.88. The highest BCUT2D eigenvalue weighted by Crippen LogP contribution is 2.29. The number of amides is 1. The lowest BCUT2D eigenvalue weighted by atomic mass is 10.1. The summed E-state index contributed by atoms with van der Waals surface area (Å²) in [7, 11) is 1.43. The zero-order valence-corrected chi connectivity index (χ0v) is 12.4. The normalized spacial score (nSPS) is 11.5. The Labute approximate surface area is 128 Å². The minimum atomic E-state index is -0.391. The third-order valence-electron chi connectivity index (χ3n) is 2.99. The molecular weight excluding hydrogens is 284 g/mol. The molecule has 0 unspecified atom stereocenters. The molecule has 0 aliphatic carbocycles. The van der Waals surface area contributed by atoms with Gasteiger partial charge in [-0.05, 0) is 31.2 Å². The Morgan fingerprint density at radius 1 is 1.36 bits per heavy atom. The van der Waals surface area contributed by atoms with Crippen molar-refractivity contribution in [2.45, 2.75) is 13.0 Å². The zero-order chi connectivity index (χ0) is 15.9. The molecule has 0 spiro atoms. The van der Waals surface area contributed by atoms with E-state index in [-0.39, 0.29) is 23.2 Å². The van der Waals surface area contributed by atoms with E-state index in [1.807, 2.05) is 6.92 Å². The highest BCUT2D eigenvalue weighted by molar-refractivity contribution is 5.97. The highest BCUT2D eigenvalue weighted by atomic mass is 16.5. The first kappa shape index (κ1) is 15.6. The Balaban J connectivity index is 1.93. The van der Waals surface area contributed by atoms with Gasteiger partial charge in [-0.25, -0.2) is 0 Å². The average Bonchev–Trinajstić information content (AvgIpc) is 2.54. The van der Waals surface area contributed by atoms with Crippen molar-refractivity contribution in [3.8, 4) is 17.2 Å². The number of hydrogen-bond acceptors (Lipinski definition) is 5. The van der Waals surface area contributed by atoms with Gasteiger partial charge in [0.15, 0.2) is 11.5 Å². The fourth-order valence-electron chi connectivity index (χ4n) is 1.89. The first-order valence-electron chi connectivity index (χ1n) is 6.82. The number of aromatic hydroxyl groups is 1. The molecule has 1 heterocycles. The zero-order valence-electron chi connectivity index (χ0n) is 12.4. The van der Waals surface area contributed by atoms with Gasteiger partial charge in [-0.3, -0.25) is 9.78 Å². The summed E-state index contributed by atoms with van der Waals surface area (Å²) in [5.41, 5.74) is 0.160. The molecule has 1 amide bonds. The summed E-state index contributed by atoms with van der Waals surface area (Å²) < 4.78 is 10.6. The Hall–Kier alpha value is -2.76. The van der Waals surface area contributed by atoms with Gasteiger partial charge in [-0.1, -0.05) is 6.07 Å². The van der Waals surface area contributed by atoms with E-state index in [2.05, 4.69) is 10.3 Å². The van der Waals surface area contributed by atoms with Gasteiger partial charge in [0.05, 0.1) is 25.4 Å². The van der Waals surface area contributed by atoms with Gasteiger partial charge in [0.25, 0.3) is 5.91 Å². The fraction of sp³-hybridized carbons (Fsp3) is 0.250. The molecule has 1 aromatic heterocycles. The monoisotopic (exact) mass is 302 g/mol. The van der Waals surface area contributed by atoms with Crippen molar-refractivity contribution in [3.63, 3.8) is 0 Å². The minimum Gasteiger partial charge on any atom is -0.504 e.